The first-order valence-electron chi connectivity index (χ1n) is 6.78. The van der Waals surface area contributed by atoms with Crippen molar-refractivity contribution in [3.8, 4) is 5.75 Å². The summed E-state index contributed by atoms with van der Waals surface area (Å²) in [5, 5.41) is 1.07. The van der Waals surface area contributed by atoms with Crippen molar-refractivity contribution in [1.29, 1.82) is 0 Å². The number of nitrogens with one attached hydrogen (secondary N) is 1. The fraction of sp³-hybridized carbons (Fsp3) is 0.400. The lowest BCUT2D eigenvalue weighted by atomic mass is 10.0. The van der Waals surface area contributed by atoms with Gasteiger partial charge in [-0.2, -0.15) is 0 Å². The Bertz CT molecular complexity index is 649. The van der Waals surface area contributed by atoms with E-state index in [9.17, 15) is 4.79 Å². The fourth-order valence-electron chi connectivity index (χ4n) is 2.74. The maximum atomic E-state index is 12.0. The second kappa shape index (κ2) is 5.85. The number of hydrogen-bond donors (Lipinski definition) is 2. The molecule has 0 bridgehead atoms. The monoisotopic (exact) mass is 294 g/mol. The van der Waals surface area contributed by atoms with Gasteiger partial charge in [-0.1, -0.05) is 6.92 Å². The Morgan fingerprint density at radius 1 is 1.45 bits per heavy atom. The van der Waals surface area contributed by atoms with Crippen molar-refractivity contribution in [2.45, 2.75) is 26.2 Å². The number of aromatic amines is 1. The van der Waals surface area contributed by atoms with E-state index in [0.717, 1.165) is 35.2 Å². The summed E-state index contributed by atoms with van der Waals surface area (Å²) >= 11 is 0. The molecule has 0 fully saturated rings. The summed E-state index contributed by atoms with van der Waals surface area (Å²) < 4.78 is 5.61. The standard InChI is InChI=1S/C15H18N2O2.ClH/c1-2-13(18)15-10(3-5-16)11-8-14-9(4-6-19-14)7-12(11)17-15;/h7-8,17H,2-6,16H2,1H3;1H. The number of benzene rings is 1. The highest BCUT2D eigenvalue weighted by Gasteiger charge is 2.20. The third-order valence-corrected chi connectivity index (χ3v) is 3.71. The molecule has 1 aromatic heterocycles. The second-order valence-corrected chi connectivity index (χ2v) is 4.90. The minimum atomic E-state index is 0. The van der Waals surface area contributed by atoms with Crippen molar-refractivity contribution >= 4 is 29.1 Å². The fourth-order valence-corrected chi connectivity index (χ4v) is 2.74. The minimum absolute atomic E-state index is 0. The lowest BCUT2D eigenvalue weighted by molar-refractivity contribution is 0.0983. The van der Waals surface area contributed by atoms with Crippen LogP contribution in [0.5, 0.6) is 5.75 Å². The molecule has 5 heteroatoms. The summed E-state index contributed by atoms with van der Waals surface area (Å²) in [5.41, 5.74) is 9.65. The molecule has 2 heterocycles. The number of halogens is 1. The molecule has 20 heavy (non-hydrogen) atoms. The number of rotatable bonds is 4. The van der Waals surface area contributed by atoms with Gasteiger partial charge in [0.2, 0.25) is 0 Å². The van der Waals surface area contributed by atoms with Gasteiger partial charge in [0, 0.05) is 23.7 Å². The van der Waals surface area contributed by atoms with E-state index in [2.05, 4.69) is 11.1 Å². The van der Waals surface area contributed by atoms with Crippen molar-refractivity contribution < 1.29 is 9.53 Å². The van der Waals surface area contributed by atoms with E-state index in [1.54, 1.807) is 0 Å². The van der Waals surface area contributed by atoms with Gasteiger partial charge < -0.3 is 15.5 Å². The topological polar surface area (TPSA) is 68.1 Å². The van der Waals surface area contributed by atoms with E-state index in [1.165, 1.54) is 5.56 Å². The molecule has 2 aromatic rings. The summed E-state index contributed by atoms with van der Waals surface area (Å²) in [5.74, 6) is 1.08. The van der Waals surface area contributed by atoms with Crippen molar-refractivity contribution in [1.82, 2.24) is 4.98 Å². The molecule has 0 atom stereocenters. The largest absolute Gasteiger partial charge is 0.493 e. The molecule has 1 aromatic carbocycles. The number of H-pyrrole nitrogens is 1. The average molecular weight is 295 g/mol. The van der Waals surface area contributed by atoms with Crippen molar-refractivity contribution in [3.05, 3.63) is 29.0 Å². The Balaban J connectivity index is 0.00000147. The molecule has 3 N–H and O–H groups in total. The molecule has 1 aliphatic rings. The number of carbonyl (C=O) groups is 1. The highest BCUT2D eigenvalue weighted by molar-refractivity contribution is 6.02. The Kier molecular flexibility index (Phi) is 4.35. The third-order valence-electron chi connectivity index (χ3n) is 3.71. The van der Waals surface area contributed by atoms with Crippen LogP contribution in [0.4, 0.5) is 0 Å². The predicted molar refractivity (Wildman–Crippen MR) is 82.1 cm³/mol. The first kappa shape index (κ1) is 14.9. The Labute approximate surface area is 124 Å². The second-order valence-electron chi connectivity index (χ2n) is 4.90. The molecule has 0 aliphatic carbocycles. The van der Waals surface area contributed by atoms with Crippen LogP contribution >= 0.6 is 12.4 Å². The number of ether oxygens (including phenoxy) is 1. The van der Waals surface area contributed by atoms with Crippen LogP contribution in [0, 0.1) is 0 Å². The van der Waals surface area contributed by atoms with Gasteiger partial charge in [-0.05, 0) is 36.2 Å². The van der Waals surface area contributed by atoms with Crippen molar-refractivity contribution in [3.63, 3.8) is 0 Å². The maximum Gasteiger partial charge on any atom is 0.179 e. The molecule has 0 saturated carbocycles. The van der Waals surface area contributed by atoms with Crippen LogP contribution in [0.25, 0.3) is 10.9 Å². The van der Waals surface area contributed by atoms with Crippen LogP contribution in [0.3, 0.4) is 0 Å². The van der Waals surface area contributed by atoms with Gasteiger partial charge in [-0.15, -0.1) is 12.4 Å². The number of aromatic nitrogens is 1. The van der Waals surface area contributed by atoms with Gasteiger partial charge in [0.15, 0.2) is 5.78 Å². The smallest absolute Gasteiger partial charge is 0.179 e. The molecule has 1 aliphatic heterocycles. The molecular weight excluding hydrogens is 276 g/mol. The van der Waals surface area contributed by atoms with E-state index in [-0.39, 0.29) is 18.2 Å². The maximum absolute atomic E-state index is 12.0. The predicted octanol–water partition coefficient (Wildman–Crippen LogP) is 2.62. The minimum Gasteiger partial charge on any atom is -0.493 e. The average Bonchev–Trinajstić information content (AvgIpc) is 3.00. The zero-order chi connectivity index (χ0) is 13.4. The highest BCUT2D eigenvalue weighted by Crippen LogP contribution is 2.33. The van der Waals surface area contributed by atoms with Crippen LogP contribution in [0.2, 0.25) is 0 Å². The number of carbonyl (C=O) groups excluding carboxylic acids is 1. The zero-order valence-electron chi connectivity index (χ0n) is 11.5. The number of fused-ring (bicyclic) bond motifs is 2. The summed E-state index contributed by atoms with van der Waals surface area (Å²) in [7, 11) is 0. The van der Waals surface area contributed by atoms with Crippen LogP contribution < -0.4 is 10.5 Å². The first-order chi connectivity index (χ1) is 9.24. The first-order valence-corrected chi connectivity index (χ1v) is 6.78. The van der Waals surface area contributed by atoms with E-state index < -0.39 is 0 Å². The SMILES string of the molecule is CCC(=O)c1[nH]c2cc3c(cc2c1CCN)OCC3.Cl. The van der Waals surface area contributed by atoms with Gasteiger partial charge in [-0.25, -0.2) is 0 Å². The van der Waals surface area contributed by atoms with Gasteiger partial charge in [0.05, 0.1) is 12.3 Å². The van der Waals surface area contributed by atoms with Crippen LogP contribution in [-0.2, 0) is 12.8 Å². The number of nitrogens with two attached hydrogens (primary N) is 1. The third kappa shape index (κ3) is 2.30. The molecule has 0 unspecified atom stereocenters. The number of Topliss-reactive ketones (excluding diaryl/α,β-unsaturated/α-hetero) is 1. The summed E-state index contributed by atoms with van der Waals surface area (Å²) in [6.45, 7) is 3.16. The Hall–Kier alpha value is -1.52. The Morgan fingerprint density at radius 2 is 2.25 bits per heavy atom. The lowest BCUT2D eigenvalue weighted by Gasteiger charge is -2.02. The van der Waals surface area contributed by atoms with Crippen LogP contribution in [0.15, 0.2) is 12.1 Å². The number of ketones is 1. The molecule has 4 nitrogen and oxygen atoms in total. The van der Waals surface area contributed by atoms with Crippen molar-refractivity contribution in [2.24, 2.45) is 5.73 Å². The van der Waals surface area contributed by atoms with E-state index in [4.69, 9.17) is 10.5 Å². The summed E-state index contributed by atoms with van der Waals surface area (Å²) in [6.07, 6.45) is 2.15. The van der Waals surface area contributed by atoms with Gasteiger partial charge >= 0.3 is 0 Å². The Morgan fingerprint density at radius 3 is 2.95 bits per heavy atom. The lowest BCUT2D eigenvalue weighted by Crippen LogP contribution is -2.07. The normalized spacial score (nSPS) is 12.9. The van der Waals surface area contributed by atoms with Crippen molar-refractivity contribution in [2.75, 3.05) is 13.2 Å². The van der Waals surface area contributed by atoms with E-state index in [0.29, 0.717) is 25.1 Å². The summed E-state index contributed by atoms with van der Waals surface area (Å²) in [4.78, 5) is 15.3. The molecule has 0 amide bonds. The molecular formula is C15H19ClN2O2. The quantitative estimate of drug-likeness (QED) is 0.852. The molecule has 108 valence electrons. The van der Waals surface area contributed by atoms with Crippen LogP contribution in [-0.4, -0.2) is 23.9 Å². The molecule has 0 saturated heterocycles. The zero-order valence-corrected chi connectivity index (χ0v) is 12.3. The number of hydrogen-bond acceptors (Lipinski definition) is 3. The van der Waals surface area contributed by atoms with Crippen LogP contribution in [0.1, 0.15) is 35.0 Å². The molecule has 0 spiro atoms. The van der Waals surface area contributed by atoms with Gasteiger partial charge in [0.25, 0.3) is 0 Å². The van der Waals surface area contributed by atoms with E-state index >= 15 is 0 Å². The van der Waals surface area contributed by atoms with Gasteiger partial charge in [0.1, 0.15) is 5.75 Å². The highest BCUT2D eigenvalue weighted by atomic mass is 35.5. The molecule has 0 radical (unpaired) electrons. The molecule has 3 rings (SSSR count). The van der Waals surface area contributed by atoms with Gasteiger partial charge in [-0.3, -0.25) is 4.79 Å². The summed E-state index contributed by atoms with van der Waals surface area (Å²) in [6, 6.07) is 4.15. The van der Waals surface area contributed by atoms with E-state index in [1.807, 2.05) is 13.0 Å².